The molecule has 27 heavy (non-hydrogen) atoms. The Morgan fingerprint density at radius 2 is 1.59 bits per heavy atom. The van der Waals surface area contributed by atoms with E-state index in [1.165, 1.54) is 67.9 Å². The third kappa shape index (κ3) is 5.52. The van der Waals surface area contributed by atoms with Crippen molar-refractivity contribution in [3.63, 3.8) is 0 Å². The summed E-state index contributed by atoms with van der Waals surface area (Å²) in [5, 5.41) is 5.63. The lowest BCUT2D eigenvalue weighted by Crippen LogP contribution is -2.02. The maximum atomic E-state index is 6.30. The van der Waals surface area contributed by atoms with Crippen LogP contribution in [0, 0.1) is 0 Å². The Hall–Kier alpha value is -1.93. The number of aromatic nitrogens is 1. The molecule has 0 radical (unpaired) electrons. The Morgan fingerprint density at radius 1 is 0.852 bits per heavy atom. The van der Waals surface area contributed by atoms with Gasteiger partial charge in [0.05, 0.1) is 0 Å². The highest BCUT2D eigenvalue weighted by Gasteiger charge is 2.10. The molecule has 0 aliphatic heterocycles. The van der Waals surface area contributed by atoms with Gasteiger partial charge in [0.25, 0.3) is 0 Å². The second-order valence-electron chi connectivity index (χ2n) is 7.34. The molecule has 2 N–H and O–H groups in total. The van der Waals surface area contributed by atoms with Crippen molar-refractivity contribution in [2.24, 2.45) is 0 Å². The number of benzene rings is 2. The van der Waals surface area contributed by atoms with Crippen molar-refractivity contribution in [1.82, 2.24) is 4.98 Å². The van der Waals surface area contributed by atoms with Crippen LogP contribution in [0.1, 0.15) is 58.3 Å². The van der Waals surface area contributed by atoms with E-state index < -0.39 is 0 Å². The van der Waals surface area contributed by atoms with Gasteiger partial charge in [-0.1, -0.05) is 81.7 Å². The van der Waals surface area contributed by atoms with Gasteiger partial charge < -0.3 is 10.3 Å². The molecule has 0 fully saturated rings. The first-order valence-electron chi connectivity index (χ1n) is 10.4. The normalized spacial score (nSPS) is 11.2. The quantitative estimate of drug-likeness (QED) is 0.322. The van der Waals surface area contributed by atoms with Crippen molar-refractivity contribution in [3.8, 4) is 11.1 Å². The maximum absolute atomic E-state index is 6.30. The summed E-state index contributed by atoms with van der Waals surface area (Å²) in [5.74, 6) is 0. The van der Waals surface area contributed by atoms with Crippen LogP contribution in [-0.4, -0.2) is 11.5 Å². The Balaban J connectivity index is 1.57. The number of nitrogens with one attached hydrogen (secondary N) is 2. The van der Waals surface area contributed by atoms with E-state index in [1.807, 2.05) is 6.07 Å². The van der Waals surface area contributed by atoms with Gasteiger partial charge in [0.15, 0.2) is 0 Å². The summed E-state index contributed by atoms with van der Waals surface area (Å²) in [4.78, 5) is 3.37. The van der Waals surface area contributed by atoms with Crippen molar-refractivity contribution in [1.29, 1.82) is 0 Å². The average Bonchev–Trinajstić information content (AvgIpc) is 3.11. The molecular weight excluding hydrogens is 352 g/mol. The molecule has 0 bridgehead atoms. The fraction of sp³-hybridized carbons (Fsp3) is 0.417. The number of halogens is 1. The molecule has 1 heterocycles. The third-order valence-electron chi connectivity index (χ3n) is 5.21. The number of para-hydroxylation sites is 1. The number of anilines is 1. The summed E-state index contributed by atoms with van der Waals surface area (Å²) >= 11 is 6.30. The van der Waals surface area contributed by atoms with E-state index in [-0.39, 0.29) is 0 Å². The molecule has 0 aliphatic carbocycles. The summed E-state index contributed by atoms with van der Waals surface area (Å²) in [6.45, 7) is 3.28. The minimum Gasteiger partial charge on any atom is -0.385 e. The molecule has 144 valence electrons. The lowest BCUT2D eigenvalue weighted by Gasteiger charge is -2.12. The lowest BCUT2D eigenvalue weighted by atomic mass is 10.0. The highest BCUT2D eigenvalue weighted by Crippen LogP contribution is 2.35. The van der Waals surface area contributed by atoms with Crippen LogP contribution >= 0.6 is 11.6 Å². The molecule has 2 nitrogen and oxygen atoms in total. The van der Waals surface area contributed by atoms with Crippen LogP contribution in [0.4, 0.5) is 5.69 Å². The Kier molecular flexibility index (Phi) is 7.65. The molecule has 3 heteroatoms. The zero-order valence-electron chi connectivity index (χ0n) is 16.4. The third-order valence-corrected chi connectivity index (χ3v) is 5.44. The van der Waals surface area contributed by atoms with Crippen molar-refractivity contribution in [2.75, 3.05) is 11.9 Å². The van der Waals surface area contributed by atoms with Crippen molar-refractivity contribution >= 4 is 28.2 Å². The molecule has 0 aliphatic rings. The monoisotopic (exact) mass is 382 g/mol. The predicted octanol–water partition coefficient (Wildman–Crippen LogP) is 8.04. The van der Waals surface area contributed by atoms with E-state index in [0.29, 0.717) is 0 Å². The van der Waals surface area contributed by atoms with E-state index in [2.05, 4.69) is 59.8 Å². The number of H-pyrrole nitrogens is 1. The summed E-state index contributed by atoms with van der Waals surface area (Å²) in [6, 6.07) is 14.5. The molecule has 0 unspecified atom stereocenters. The van der Waals surface area contributed by atoms with Crippen molar-refractivity contribution < 1.29 is 0 Å². The molecule has 1 aromatic heterocycles. The molecule has 2 aromatic carbocycles. The highest BCUT2D eigenvalue weighted by atomic mass is 35.5. The predicted molar refractivity (Wildman–Crippen MR) is 120 cm³/mol. The van der Waals surface area contributed by atoms with Gasteiger partial charge in [0.2, 0.25) is 0 Å². The van der Waals surface area contributed by atoms with Gasteiger partial charge >= 0.3 is 0 Å². The largest absolute Gasteiger partial charge is 0.385 e. The Bertz CT molecular complexity index is 837. The standard InChI is InChI=1S/C24H31ClN2/c1-2-3-4-5-6-7-8-11-16-26-24-15-14-19(25)17-21(24)22-18-27-23-13-10-9-12-20(22)23/h9-10,12-15,17-18,26-27H,2-8,11,16H2,1H3. The van der Waals surface area contributed by atoms with Gasteiger partial charge in [0.1, 0.15) is 0 Å². The fourth-order valence-electron chi connectivity index (χ4n) is 3.67. The zero-order valence-corrected chi connectivity index (χ0v) is 17.1. The fourth-order valence-corrected chi connectivity index (χ4v) is 3.84. The first-order valence-corrected chi connectivity index (χ1v) is 10.8. The van der Waals surface area contributed by atoms with Crippen molar-refractivity contribution in [3.05, 3.63) is 53.7 Å². The molecule has 0 atom stereocenters. The van der Waals surface area contributed by atoms with Crippen LogP contribution in [0.15, 0.2) is 48.7 Å². The van der Waals surface area contributed by atoms with Gasteiger partial charge in [-0.3, -0.25) is 0 Å². The van der Waals surface area contributed by atoms with Crippen LogP contribution in [-0.2, 0) is 0 Å². The van der Waals surface area contributed by atoms with Gasteiger partial charge in [-0.2, -0.15) is 0 Å². The molecule has 0 amide bonds. The second-order valence-corrected chi connectivity index (χ2v) is 7.78. The molecule has 3 aromatic rings. The number of fused-ring (bicyclic) bond motifs is 1. The summed E-state index contributed by atoms with van der Waals surface area (Å²) in [5.41, 5.74) is 4.68. The van der Waals surface area contributed by atoms with Gasteiger partial charge in [0, 0.05) is 45.5 Å². The van der Waals surface area contributed by atoms with E-state index >= 15 is 0 Å². The molecule has 0 saturated carbocycles. The second kappa shape index (κ2) is 10.4. The van der Waals surface area contributed by atoms with Gasteiger partial charge in [-0.15, -0.1) is 0 Å². The van der Waals surface area contributed by atoms with E-state index in [0.717, 1.165) is 22.8 Å². The number of rotatable bonds is 11. The van der Waals surface area contributed by atoms with Gasteiger partial charge in [-0.25, -0.2) is 0 Å². The summed E-state index contributed by atoms with van der Waals surface area (Å²) in [7, 11) is 0. The number of hydrogen-bond acceptors (Lipinski definition) is 1. The molecule has 3 rings (SSSR count). The Morgan fingerprint density at radius 3 is 2.41 bits per heavy atom. The molecular formula is C24H31ClN2. The van der Waals surface area contributed by atoms with Crippen molar-refractivity contribution in [2.45, 2.75) is 58.3 Å². The van der Waals surface area contributed by atoms with Crippen LogP contribution in [0.3, 0.4) is 0 Å². The van der Waals surface area contributed by atoms with Crippen LogP contribution in [0.2, 0.25) is 5.02 Å². The number of aromatic amines is 1. The lowest BCUT2D eigenvalue weighted by molar-refractivity contribution is 0.581. The zero-order chi connectivity index (χ0) is 18.9. The SMILES string of the molecule is CCCCCCCCCCNc1ccc(Cl)cc1-c1c[nH]c2ccccc12. The average molecular weight is 383 g/mol. The first-order chi connectivity index (χ1) is 13.3. The van der Waals surface area contributed by atoms with Gasteiger partial charge in [-0.05, 0) is 30.7 Å². The van der Waals surface area contributed by atoms with E-state index in [4.69, 9.17) is 11.6 Å². The smallest absolute Gasteiger partial charge is 0.0460 e. The summed E-state index contributed by atoms with van der Waals surface area (Å²) < 4.78 is 0. The van der Waals surface area contributed by atoms with Crippen LogP contribution in [0.25, 0.3) is 22.0 Å². The summed E-state index contributed by atoms with van der Waals surface area (Å²) in [6.07, 6.45) is 12.8. The van der Waals surface area contributed by atoms with Crippen LogP contribution < -0.4 is 5.32 Å². The van der Waals surface area contributed by atoms with Crippen LogP contribution in [0.5, 0.6) is 0 Å². The highest BCUT2D eigenvalue weighted by molar-refractivity contribution is 6.31. The topological polar surface area (TPSA) is 27.8 Å². The minimum absolute atomic E-state index is 0.771. The minimum atomic E-state index is 0.771. The molecule has 0 spiro atoms. The van der Waals surface area contributed by atoms with E-state index in [1.54, 1.807) is 0 Å². The number of unbranched alkanes of at least 4 members (excludes halogenated alkanes) is 7. The Labute approximate surface area is 168 Å². The molecule has 0 saturated heterocycles. The number of hydrogen-bond donors (Lipinski definition) is 2. The maximum Gasteiger partial charge on any atom is 0.0460 e. The van der Waals surface area contributed by atoms with E-state index in [9.17, 15) is 0 Å². The first kappa shape index (κ1) is 19.8.